The maximum atomic E-state index is 11.4. The number of rotatable bonds is 8. The number of hydrogen-bond acceptors (Lipinski definition) is 5. The average molecular weight is 281 g/mol. The Morgan fingerprint density at radius 3 is 2.75 bits per heavy atom. The standard InChI is InChI=1S/C14H19NO5/c1-4-19-12-7-5-11(9-13(12)18-3)6-8-14(16)15-20-10-17-2/h5-9H,4,10H2,1-3H3,(H,15,16)/b8-6+. The molecule has 0 aliphatic rings. The highest BCUT2D eigenvalue weighted by Crippen LogP contribution is 2.28. The van der Waals surface area contributed by atoms with Gasteiger partial charge in [0, 0.05) is 13.2 Å². The molecule has 0 bridgehead atoms. The number of benzene rings is 1. The van der Waals surface area contributed by atoms with Gasteiger partial charge in [0.1, 0.15) is 0 Å². The molecular formula is C14H19NO5. The molecule has 0 aliphatic carbocycles. The molecule has 0 saturated carbocycles. The van der Waals surface area contributed by atoms with Gasteiger partial charge in [-0.25, -0.2) is 10.3 Å². The summed E-state index contributed by atoms with van der Waals surface area (Å²) in [7, 11) is 3.03. The Kier molecular flexibility index (Phi) is 7.16. The van der Waals surface area contributed by atoms with Crippen molar-refractivity contribution in [3.8, 4) is 11.5 Å². The first-order chi connectivity index (χ1) is 9.71. The van der Waals surface area contributed by atoms with E-state index < -0.39 is 0 Å². The molecule has 0 fully saturated rings. The summed E-state index contributed by atoms with van der Waals surface area (Å²) in [6.45, 7) is 2.46. The van der Waals surface area contributed by atoms with Crippen molar-refractivity contribution < 1.29 is 23.8 Å². The van der Waals surface area contributed by atoms with Crippen molar-refractivity contribution in [2.45, 2.75) is 6.92 Å². The lowest BCUT2D eigenvalue weighted by molar-refractivity contribution is -0.139. The number of carbonyl (C=O) groups excluding carboxylic acids is 1. The number of amides is 1. The Bertz CT molecular complexity index is 459. The van der Waals surface area contributed by atoms with Gasteiger partial charge >= 0.3 is 0 Å². The highest BCUT2D eigenvalue weighted by atomic mass is 16.8. The minimum Gasteiger partial charge on any atom is -0.493 e. The minimum atomic E-state index is -0.380. The Balaban J connectivity index is 2.65. The number of hydrogen-bond donors (Lipinski definition) is 1. The monoisotopic (exact) mass is 281 g/mol. The van der Waals surface area contributed by atoms with Gasteiger partial charge in [0.15, 0.2) is 18.3 Å². The summed E-state index contributed by atoms with van der Waals surface area (Å²) in [4.78, 5) is 16.1. The Morgan fingerprint density at radius 1 is 1.30 bits per heavy atom. The molecule has 0 saturated heterocycles. The number of carbonyl (C=O) groups is 1. The second-order valence-electron chi connectivity index (χ2n) is 3.69. The zero-order valence-electron chi connectivity index (χ0n) is 11.8. The van der Waals surface area contributed by atoms with E-state index in [0.29, 0.717) is 18.1 Å². The van der Waals surface area contributed by atoms with E-state index in [2.05, 4.69) is 10.2 Å². The number of hydroxylamine groups is 1. The van der Waals surface area contributed by atoms with Gasteiger partial charge in [-0.3, -0.25) is 4.79 Å². The van der Waals surface area contributed by atoms with Crippen molar-refractivity contribution in [3.63, 3.8) is 0 Å². The fourth-order valence-electron chi connectivity index (χ4n) is 1.43. The van der Waals surface area contributed by atoms with Crippen LogP contribution < -0.4 is 15.0 Å². The highest BCUT2D eigenvalue weighted by Gasteiger charge is 2.04. The van der Waals surface area contributed by atoms with Crippen LogP contribution in [0.2, 0.25) is 0 Å². The van der Waals surface area contributed by atoms with Crippen LogP contribution in [0.4, 0.5) is 0 Å². The van der Waals surface area contributed by atoms with E-state index in [-0.39, 0.29) is 12.7 Å². The van der Waals surface area contributed by atoms with Crippen molar-refractivity contribution in [2.75, 3.05) is 27.6 Å². The summed E-state index contributed by atoms with van der Waals surface area (Å²) in [5.74, 6) is 0.903. The molecule has 0 aliphatic heterocycles. The fraction of sp³-hybridized carbons (Fsp3) is 0.357. The lowest BCUT2D eigenvalue weighted by atomic mass is 10.2. The molecule has 0 spiro atoms. The van der Waals surface area contributed by atoms with E-state index in [4.69, 9.17) is 14.3 Å². The van der Waals surface area contributed by atoms with Gasteiger partial charge < -0.3 is 14.2 Å². The van der Waals surface area contributed by atoms with Gasteiger partial charge in [-0.05, 0) is 30.7 Å². The molecule has 1 amide bonds. The second kappa shape index (κ2) is 8.95. The van der Waals surface area contributed by atoms with E-state index >= 15 is 0 Å². The van der Waals surface area contributed by atoms with Crippen LogP contribution in [-0.4, -0.2) is 33.5 Å². The summed E-state index contributed by atoms with van der Waals surface area (Å²) in [5, 5.41) is 0. The van der Waals surface area contributed by atoms with Crippen molar-refractivity contribution in [1.29, 1.82) is 0 Å². The zero-order valence-corrected chi connectivity index (χ0v) is 11.8. The van der Waals surface area contributed by atoms with Crippen LogP contribution in [0.25, 0.3) is 6.08 Å². The van der Waals surface area contributed by atoms with E-state index in [1.54, 1.807) is 25.3 Å². The summed E-state index contributed by atoms with van der Waals surface area (Å²) in [6, 6.07) is 5.40. The van der Waals surface area contributed by atoms with Gasteiger partial charge in [-0.2, -0.15) is 0 Å². The van der Waals surface area contributed by atoms with Crippen LogP contribution in [0, 0.1) is 0 Å². The third kappa shape index (κ3) is 5.29. The quantitative estimate of drug-likeness (QED) is 0.340. The Morgan fingerprint density at radius 2 is 2.10 bits per heavy atom. The van der Waals surface area contributed by atoms with Crippen LogP contribution >= 0.6 is 0 Å². The van der Waals surface area contributed by atoms with Gasteiger partial charge in [-0.15, -0.1) is 0 Å². The molecule has 0 heterocycles. The lowest BCUT2D eigenvalue weighted by Crippen LogP contribution is -2.22. The van der Waals surface area contributed by atoms with Crippen molar-refractivity contribution in [2.24, 2.45) is 0 Å². The third-order valence-electron chi connectivity index (χ3n) is 2.26. The fourth-order valence-corrected chi connectivity index (χ4v) is 1.43. The van der Waals surface area contributed by atoms with Crippen LogP contribution in [0.5, 0.6) is 11.5 Å². The van der Waals surface area contributed by atoms with E-state index in [9.17, 15) is 4.79 Å². The molecule has 110 valence electrons. The number of methoxy groups -OCH3 is 2. The van der Waals surface area contributed by atoms with Gasteiger partial charge in [0.2, 0.25) is 0 Å². The maximum absolute atomic E-state index is 11.4. The van der Waals surface area contributed by atoms with E-state index in [1.807, 2.05) is 13.0 Å². The molecule has 1 aromatic carbocycles. The molecule has 20 heavy (non-hydrogen) atoms. The molecule has 1 N–H and O–H groups in total. The van der Waals surface area contributed by atoms with Gasteiger partial charge in [0.05, 0.1) is 13.7 Å². The normalized spacial score (nSPS) is 10.6. The smallest absolute Gasteiger partial charge is 0.267 e. The van der Waals surface area contributed by atoms with E-state index in [1.165, 1.54) is 13.2 Å². The van der Waals surface area contributed by atoms with Crippen LogP contribution in [0.1, 0.15) is 12.5 Å². The first-order valence-corrected chi connectivity index (χ1v) is 6.10. The molecule has 0 atom stereocenters. The molecule has 6 nitrogen and oxygen atoms in total. The average Bonchev–Trinajstić information content (AvgIpc) is 2.46. The molecule has 0 unspecified atom stereocenters. The van der Waals surface area contributed by atoms with Crippen LogP contribution in [0.3, 0.4) is 0 Å². The summed E-state index contributed by atoms with van der Waals surface area (Å²) >= 11 is 0. The molecule has 0 aromatic heterocycles. The first kappa shape index (κ1) is 16.0. The summed E-state index contributed by atoms with van der Waals surface area (Å²) < 4.78 is 15.3. The molecule has 1 aromatic rings. The first-order valence-electron chi connectivity index (χ1n) is 6.10. The topological polar surface area (TPSA) is 66.0 Å². The largest absolute Gasteiger partial charge is 0.493 e. The van der Waals surface area contributed by atoms with Crippen molar-refractivity contribution in [3.05, 3.63) is 29.8 Å². The predicted molar refractivity (Wildman–Crippen MR) is 74.3 cm³/mol. The zero-order chi connectivity index (χ0) is 14.8. The lowest BCUT2D eigenvalue weighted by Gasteiger charge is -2.09. The second-order valence-corrected chi connectivity index (χ2v) is 3.69. The summed E-state index contributed by atoms with van der Waals surface area (Å²) in [6.07, 6.45) is 2.99. The van der Waals surface area contributed by atoms with Crippen LogP contribution in [-0.2, 0) is 14.4 Å². The predicted octanol–water partition coefficient (Wildman–Crippen LogP) is 1.76. The molecule has 6 heteroatoms. The van der Waals surface area contributed by atoms with Crippen molar-refractivity contribution >= 4 is 12.0 Å². The third-order valence-corrected chi connectivity index (χ3v) is 2.26. The van der Waals surface area contributed by atoms with Gasteiger partial charge in [0.25, 0.3) is 5.91 Å². The Labute approximate surface area is 118 Å². The minimum absolute atomic E-state index is 0.00352. The maximum Gasteiger partial charge on any atom is 0.267 e. The number of ether oxygens (including phenoxy) is 3. The number of nitrogens with one attached hydrogen (secondary N) is 1. The van der Waals surface area contributed by atoms with E-state index in [0.717, 1.165) is 5.56 Å². The highest BCUT2D eigenvalue weighted by molar-refractivity contribution is 5.91. The molecular weight excluding hydrogens is 262 g/mol. The SMILES string of the molecule is CCOc1ccc(/C=C/C(=O)NOCOC)cc1OC. The Hall–Kier alpha value is -2.05. The molecule has 0 radical (unpaired) electrons. The van der Waals surface area contributed by atoms with Crippen LogP contribution in [0.15, 0.2) is 24.3 Å². The van der Waals surface area contributed by atoms with Crippen molar-refractivity contribution in [1.82, 2.24) is 5.48 Å². The summed E-state index contributed by atoms with van der Waals surface area (Å²) in [5.41, 5.74) is 3.02. The molecule has 1 rings (SSSR count). The van der Waals surface area contributed by atoms with Gasteiger partial charge in [-0.1, -0.05) is 6.07 Å².